The van der Waals surface area contributed by atoms with Crippen LogP contribution >= 0.6 is 0 Å². The highest BCUT2D eigenvalue weighted by molar-refractivity contribution is 5.55. The summed E-state index contributed by atoms with van der Waals surface area (Å²) in [5.74, 6) is 2.22. The third-order valence-corrected chi connectivity index (χ3v) is 10.7. The minimum absolute atomic E-state index is 0.194. The summed E-state index contributed by atoms with van der Waals surface area (Å²) < 4.78 is 0. The maximum atomic E-state index is 10.5. The molecule has 0 heterocycles. The minimum Gasteiger partial charge on any atom is -0.364 e. The smallest absolute Gasteiger partial charge is 0.179 e. The van der Waals surface area contributed by atoms with Gasteiger partial charge in [-0.15, -0.1) is 0 Å². The van der Waals surface area contributed by atoms with E-state index < -0.39 is 6.29 Å². The van der Waals surface area contributed by atoms with E-state index in [-0.39, 0.29) is 5.92 Å². The lowest BCUT2D eigenvalue weighted by Crippen LogP contribution is -2.39. The van der Waals surface area contributed by atoms with E-state index >= 15 is 0 Å². The quantitative estimate of drug-likeness (QED) is 0.214. The van der Waals surface area contributed by atoms with Gasteiger partial charge in [0.25, 0.3) is 0 Å². The van der Waals surface area contributed by atoms with Crippen molar-refractivity contribution in [3.05, 3.63) is 106 Å². The SMILES string of the molecule is C=CC1=C(C=C)C(C)C(C2C3=C(C[C@@H](C(C)C)C2C(=C)/C(C=C)=C(/C=C(/C)CC)C(O)O)C2=C(CCCC2)C3)C1. The maximum Gasteiger partial charge on any atom is 0.179 e. The van der Waals surface area contributed by atoms with Crippen LogP contribution in [0.15, 0.2) is 106 Å². The molecule has 0 aromatic rings. The number of fused-ring (bicyclic) bond motifs is 1. The molecule has 0 spiro atoms. The van der Waals surface area contributed by atoms with Crippen LogP contribution in [0.5, 0.6) is 0 Å². The minimum atomic E-state index is -1.58. The second-order valence-electron chi connectivity index (χ2n) is 13.0. The van der Waals surface area contributed by atoms with Crippen molar-refractivity contribution in [3.63, 3.8) is 0 Å². The van der Waals surface area contributed by atoms with Crippen molar-refractivity contribution in [1.29, 1.82) is 0 Å². The van der Waals surface area contributed by atoms with Gasteiger partial charge < -0.3 is 10.2 Å². The van der Waals surface area contributed by atoms with Crippen LogP contribution in [0.3, 0.4) is 0 Å². The first-order valence-electron chi connectivity index (χ1n) is 15.6. The lowest BCUT2D eigenvalue weighted by atomic mass is 9.57. The summed E-state index contributed by atoms with van der Waals surface area (Å²) in [4.78, 5) is 0. The van der Waals surface area contributed by atoms with E-state index in [9.17, 15) is 10.2 Å². The average Bonchev–Trinajstić information content (AvgIpc) is 3.47. The van der Waals surface area contributed by atoms with Gasteiger partial charge in [0.15, 0.2) is 6.29 Å². The molecule has 0 radical (unpaired) electrons. The van der Waals surface area contributed by atoms with Crippen LogP contribution in [0.2, 0.25) is 0 Å². The van der Waals surface area contributed by atoms with Gasteiger partial charge in [0.05, 0.1) is 0 Å². The van der Waals surface area contributed by atoms with E-state index in [0.717, 1.165) is 42.4 Å². The van der Waals surface area contributed by atoms with Crippen molar-refractivity contribution in [3.8, 4) is 0 Å². The van der Waals surface area contributed by atoms with Crippen LogP contribution in [0.1, 0.15) is 86.0 Å². The van der Waals surface area contributed by atoms with Crippen LogP contribution < -0.4 is 0 Å². The van der Waals surface area contributed by atoms with Gasteiger partial charge in [0, 0.05) is 5.57 Å². The third-order valence-electron chi connectivity index (χ3n) is 10.7. The molecular weight excluding hydrogens is 488 g/mol. The molecule has 0 fully saturated rings. The molecule has 0 bridgehead atoms. The summed E-state index contributed by atoms with van der Waals surface area (Å²) in [7, 11) is 0. The largest absolute Gasteiger partial charge is 0.364 e. The molecule has 4 rings (SSSR count). The Balaban J connectivity index is 1.92. The van der Waals surface area contributed by atoms with Gasteiger partial charge in [-0.1, -0.05) is 95.0 Å². The van der Waals surface area contributed by atoms with Gasteiger partial charge in [-0.3, -0.25) is 0 Å². The standard InChI is InChI=1S/C38H52O2/c1-10-23(7)18-35(38(39)40)29(13-4)25(9)36-31(22(5)6)21-33-30-17-15-14-16-27(30)20-34(33)37(36)32-19-26(11-2)28(12-3)24(32)8/h11-13,18,22,24,31-32,36-40H,2-4,9-10,14-17,19-21H2,1,5-8H3/b23-18-,35-29-/t24?,31-,32?,36?,37?/m0/s1. The lowest BCUT2D eigenvalue weighted by Gasteiger charge is -2.47. The number of hydrogen-bond acceptors (Lipinski definition) is 2. The molecule has 216 valence electrons. The molecule has 0 aromatic carbocycles. The van der Waals surface area contributed by atoms with Crippen molar-refractivity contribution in [2.24, 2.45) is 35.5 Å². The Bertz CT molecular complexity index is 1220. The highest BCUT2D eigenvalue weighted by atomic mass is 16.5. The topological polar surface area (TPSA) is 40.5 Å². The Kier molecular flexibility index (Phi) is 9.63. The first-order chi connectivity index (χ1) is 19.1. The first kappa shape index (κ1) is 30.5. The van der Waals surface area contributed by atoms with Gasteiger partial charge in [-0.25, -0.2) is 0 Å². The average molecular weight is 541 g/mol. The lowest BCUT2D eigenvalue weighted by molar-refractivity contribution is -0.00552. The summed E-state index contributed by atoms with van der Waals surface area (Å²) in [5, 5.41) is 21.1. The Morgan fingerprint density at radius 1 is 1.02 bits per heavy atom. The fourth-order valence-corrected chi connectivity index (χ4v) is 8.43. The number of aliphatic hydroxyl groups excluding tert-OH is 1. The highest BCUT2D eigenvalue weighted by Gasteiger charge is 2.50. The molecule has 5 atom stereocenters. The normalized spacial score (nSPS) is 29.6. The number of aliphatic hydroxyl groups is 2. The van der Waals surface area contributed by atoms with Crippen LogP contribution in [0, 0.1) is 35.5 Å². The zero-order valence-electron chi connectivity index (χ0n) is 25.7. The molecule has 2 heteroatoms. The van der Waals surface area contributed by atoms with Crippen LogP contribution in [0.25, 0.3) is 0 Å². The molecule has 40 heavy (non-hydrogen) atoms. The van der Waals surface area contributed by atoms with E-state index in [0.29, 0.717) is 35.2 Å². The van der Waals surface area contributed by atoms with Crippen molar-refractivity contribution >= 4 is 0 Å². The molecule has 0 amide bonds. The van der Waals surface area contributed by atoms with Crippen molar-refractivity contribution in [2.75, 3.05) is 0 Å². The molecule has 0 aromatic heterocycles. The second-order valence-corrected chi connectivity index (χ2v) is 13.0. The summed E-state index contributed by atoms with van der Waals surface area (Å²) >= 11 is 0. The van der Waals surface area contributed by atoms with Gasteiger partial charge in [0.2, 0.25) is 0 Å². The zero-order chi connectivity index (χ0) is 29.3. The Hall–Kier alpha value is -2.42. The molecule has 4 unspecified atom stereocenters. The Morgan fingerprint density at radius 3 is 2.27 bits per heavy atom. The fraction of sp³-hybridized carbons (Fsp3) is 0.526. The summed E-state index contributed by atoms with van der Waals surface area (Å²) in [5.41, 5.74) is 12.8. The zero-order valence-corrected chi connectivity index (χ0v) is 25.7. The van der Waals surface area contributed by atoms with Gasteiger partial charge in [-0.2, -0.15) is 0 Å². The van der Waals surface area contributed by atoms with Crippen molar-refractivity contribution in [2.45, 2.75) is 92.3 Å². The monoisotopic (exact) mass is 540 g/mol. The van der Waals surface area contributed by atoms with E-state index in [1.165, 1.54) is 36.8 Å². The number of rotatable bonds is 10. The van der Waals surface area contributed by atoms with Crippen molar-refractivity contribution in [1.82, 2.24) is 0 Å². The molecule has 4 aliphatic rings. The molecule has 0 aliphatic heterocycles. The Labute approximate surface area is 244 Å². The van der Waals surface area contributed by atoms with Crippen LogP contribution in [0.4, 0.5) is 0 Å². The van der Waals surface area contributed by atoms with Gasteiger partial charge in [0.1, 0.15) is 0 Å². The fourth-order valence-electron chi connectivity index (χ4n) is 8.43. The highest BCUT2D eigenvalue weighted by Crippen LogP contribution is 2.60. The molecule has 2 nitrogen and oxygen atoms in total. The van der Waals surface area contributed by atoms with Gasteiger partial charge >= 0.3 is 0 Å². The molecule has 0 saturated heterocycles. The summed E-state index contributed by atoms with van der Waals surface area (Å²) in [6.45, 7) is 28.5. The summed E-state index contributed by atoms with van der Waals surface area (Å²) in [6.07, 6.45) is 15.4. The van der Waals surface area contributed by atoms with Crippen LogP contribution in [-0.4, -0.2) is 16.5 Å². The van der Waals surface area contributed by atoms with Crippen LogP contribution in [-0.2, 0) is 0 Å². The Morgan fingerprint density at radius 2 is 1.73 bits per heavy atom. The van der Waals surface area contributed by atoms with Crippen molar-refractivity contribution < 1.29 is 10.2 Å². The number of allylic oxidation sites excluding steroid dienone is 12. The first-order valence-corrected chi connectivity index (χ1v) is 15.6. The maximum absolute atomic E-state index is 10.5. The van der Waals surface area contributed by atoms with E-state index in [1.54, 1.807) is 22.3 Å². The molecule has 4 aliphatic carbocycles. The third kappa shape index (κ3) is 5.42. The van der Waals surface area contributed by atoms with E-state index in [1.807, 2.05) is 25.2 Å². The van der Waals surface area contributed by atoms with E-state index in [4.69, 9.17) is 6.58 Å². The van der Waals surface area contributed by atoms with Gasteiger partial charge in [-0.05, 0) is 127 Å². The molecule has 0 saturated carbocycles. The second kappa shape index (κ2) is 12.6. The predicted octanol–water partition coefficient (Wildman–Crippen LogP) is 9.50. The predicted molar refractivity (Wildman–Crippen MR) is 170 cm³/mol. The molecular formula is C38H52O2. The summed E-state index contributed by atoms with van der Waals surface area (Å²) in [6, 6.07) is 0. The van der Waals surface area contributed by atoms with E-state index in [2.05, 4.69) is 53.5 Å². The number of hydrogen-bond donors (Lipinski definition) is 2. The molecule has 2 N–H and O–H groups in total.